The Morgan fingerprint density at radius 2 is 2.00 bits per heavy atom. The third-order valence-corrected chi connectivity index (χ3v) is 3.77. The molecular weight excluding hydrogens is 204 g/mol. The minimum Gasteiger partial charge on any atom is -0.344 e. The molecule has 1 unspecified atom stereocenters. The van der Waals surface area contributed by atoms with Crippen LogP contribution < -0.4 is 4.90 Å². The van der Waals surface area contributed by atoms with E-state index in [-0.39, 0.29) is 0 Å². The molecular formula is C12H14N2S. The van der Waals surface area contributed by atoms with Gasteiger partial charge in [0, 0.05) is 24.8 Å². The van der Waals surface area contributed by atoms with Crippen molar-refractivity contribution in [1.29, 1.82) is 0 Å². The second kappa shape index (κ2) is 3.49. The van der Waals surface area contributed by atoms with Crippen LogP contribution in [0.2, 0.25) is 0 Å². The molecule has 2 aliphatic rings. The third-order valence-electron chi connectivity index (χ3n) is 3.31. The molecule has 0 N–H and O–H groups in total. The Kier molecular flexibility index (Phi) is 2.13. The lowest BCUT2D eigenvalue weighted by Gasteiger charge is -2.20. The van der Waals surface area contributed by atoms with Crippen molar-refractivity contribution in [3.8, 4) is 0 Å². The molecule has 78 valence electrons. The van der Waals surface area contributed by atoms with Crippen LogP contribution in [-0.4, -0.2) is 29.1 Å². The topological polar surface area (TPSA) is 6.48 Å². The summed E-state index contributed by atoms with van der Waals surface area (Å²) in [7, 11) is 0. The van der Waals surface area contributed by atoms with E-state index in [0.717, 1.165) is 18.2 Å². The number of benzene rings is 1. The highest BCUT2D eigenvalue weighted by molar-refractivity contribution is 7.80. The van der Waals surface area contributed by atoms with E-state index < -0.39 is 0 Å². The van der Waals surface area contributed by atoms with Gasteiger partial charge in [0.2, 0.25) is 0 Å². The number of hydrogen-bond acceptors (Lipinski definition) is 1. The second-order valence-electron chi connectivity index (χ2n) is 4.22. The summed E-state index contributed by atoms with van der Waals surface area (Å²) in [5, 5.41) is 1.02. The zero-order chi connectivity index (χ0) is 10.3. The van der Waals surface area contributed by atoms with Gasteiger partial charge in [-0.25, -0.2) is 0 Å². The van der Waals surface area contributed by atoms with Crippen molar-refractivity contribution in [3.05, 3.63) is 30.3 Å². The number of anilines is 1. The van der Waals surface area contributed by atoms with Gasteiger partial charge in [-0.15, -0.1) is 0 Å². The molecule has 3 rings (SSSR count). The number of nitrogens with zero attached hydrogens (tertiary/aromatic N) is 2. The molecule has 2 saturated heterocycles. The summed E-state index contributed by atoms with van der Waals surface area (Å²) < 4.78 is 0. The van der Waals surface area contributed by atoms with Crippen LogP contribution in [0.4, 0.5) is 5.69 Å². The van der Waals surface area contributed by atoms with Crippen LogP contribution in [0, 0.1) is 0 Å². The van der Waals surface area contributed by atoms with Gasteiger partial charge in [0.25, 0.3) is 0 Å². The maximum Gasteiger partial charge on any atom is 0.176 e. The van der Waals surface area contributed by atoms with E-state index in [0.29, 0.717) is 6.04 Å². The fourth-order valence-corrected chi connectivity index (χ4v) is 2.97. The predicted octanol–water partition coefficient (Wildman–Crippen LogP) is 2.26. The molecule has 0 radical (unpaired) electrons. The molecule has 2 aliphatic heterocycles. The maximum atomic E-state index is 5.51. The molecule has 0 amide bonds. The molecule has 15 heavy (non-hydrogen) atoms. The normalized spacial score (nSPS) is 24.8. The standard InChI is InChI=1S/C12H14N2S/c15-12-13-8-4-7-11(13)9-14(12)10-5-2-1-3-6-10/h1-3,5-6,11H,4,7-9H2. The molecule has 0 spiro atoms. The van der Waals surface area contributed by atoms with E-state index in [2.05, 4.69) is 34.1 Å². The summed E-state index contributed by atoms with van der Waals surface area (Å²) in [6.45, 7) is 2.22. The van der Waals surface area contributed by atoms with E-state index in [9.17, 15) is 0 Å². The Bertz CT molecular complexity index is 376. The fourth-order valence-electron chi connectivity index (χ4n) is 2.55. The fraction of sp³-hybridized carbons (Fsp3) is 0.417. The van der Waals surface area contributed by atoms with Crippen molar-refractivity contribution in [2.24, 2.45) is 0 Å². The number of para-hydroxylation sites is 1. The van der Waals surface area contributed by atoms with Crippen molar-refractivity contribution < 1.29 is 0 Å². The highest BCUT2D eigenvalue weighted by atomic mass is 32.1. The van der Waals surface area contributed by atoms with Crippen LogP contribution in [0.1, 0.15) is 12.8 Å². The first-order chi connectivity index (χ1) is 7.36. The van der Waals surface area contributed by atoms with E-state index >= 15 is 0 Å². The molecule has 2 nitrogen and oxygen atoms in total. The van der Waals surface area contributed by atoms with Crippen molar-refractivity contribution in [2.75, 3.05) is 18.0 Å². The Morgan fingerprint density at radius 3 is 2.73 bits per heavy atom. The van der Waals surface area contributed by atoms with Gasteiger partial charge in [0.1, 0.15) is 0 Å². The number of fused-ring (bicyclic) bond motifs is 1. The summed E-state index contributed by atoms with van der Waals surface area (Å²) in [5.41, 5.74) is 1.23. The van der Waals surface area contributed by atoms with Crippen LogP contribution in [0.5, 0.6) is 0 Å². The van der Waals surface area contributed by atoms with Gasteiger partial charge in [0.15, 0.2) is 5.11 Å². The summed E-state index contributed by atoms with van der Waals surface area (Å²) in [4.78, 5) is 4.64. The van der Waals surface area contributed by atoms with Gasteiger partial charge < -0.3 is 9.80 Å². The van der Waals surface area contributed by atoms with E-state index in [1.165, 1.54) is 18.5 Å². The quantitative estimate of drug-likeness (QED) is 0.668. The zero-order valence-electron chi connectivity index (χ0n) is 8.60. The van der Waals surface area contributed by atoms with Crippen LogP contribution >= 0.6 is 12.2 Å². The van der Waals surface area contributed by atoms with Crippen LogP contribution in [0.3, 0.4) is 0 Å². The number of hydrogen-bond donors (Lipinski definition) is 0. The first kappa shape index (κ1) is 9.16. The molecule has 0 aliphatic carbocycles. The highest BCUT2D eigenvalue weighted by Gasteiger charge is 2.37. The summed E-state index contributed by atoms with van der Waals surface area (Å²) in [6, 6.07) is 11.1. The van der Waals surface area contributed by atoms with Gasteiger partial charge in [-0.2, -0.15) is 0 Å². The third kappa shape index (κ3) is 1.42. The summed E-state index contributed by atoms with van der Waals surface area (Å²) >= 11 is 5.51. The van der Waals surface area contributed by atoms with E-state index in [1.54, 1.807) is 0 Å². The monoisotopic (exact) mass is 218 g/mol. The average molecular weight is 218 g/mol. The van der Waals surface area contributed by atoms with Gasteiger partial charge in [-0.05, 0) is 37.2 Å². The number of rotatable bonds is 1. The molecule has 1 aromatic rings. The van der Waals surface area contributed by atoms with Gasteiger partial charge in [-0.1, -0.05) is 18.2 Å². The first-order valence-corrected chi connectivity index (χ1v) is 5.90. The molecule has 2 fully saturated rings. The van der Waals surface area contributed by atoms with Crippen molar-refractivity contribution >= 4 is 23.0 Å². The minimum atomic E-state index is 0.665. The Morgan fingerprint density at radius 1 is 1.20 bits per heavy atom. The largest absolute Gasteiger partial charge is 0.344 e. The van der Waals surface area contributed by atoms with Gasteiger partial charge in [0.05, 0.1) is 0 Å². The van der Waals surface area contributed by atoms with Crippen LogP contribution in [-0.2, 0) is 0 Å². The molecule has 1 aromatic carbocycles. The van der Waals surface area contributed by atoms with E-state index in [1.807, 2.05) is 6.07 Å². The van der Waals surface area contributed by atoms with Crippen LogP contribution in [0.15, 0.2) is 30.3 Å². The molecule has 2 heterocycles. The second-order valence-corrected chi connectivity index (χ2v) is 4.58. The molecule has 0 bridgehead atoms. The first-order valence-electron chi connectivity index (χ1n) is 5.49. The summed E-state index contributed by atoms with van der Waals surface area (Å²) in [5.74, 6) is 0. The lowest BCUT2D eigenvalue weighted by Crippen LogP contribution is -2.31. The zero-order valence-corrected chi connectivity index (χ0v) is 9.41. The van der Waals surface area contributed by atoms with Crippen LogP contribution in [0.25, 0.3) is 0 Å². The van der Waals surface area contributed by atoms with Gasteiger partial charge >= 0.3 is 0 Å². The predicted molar refractivity (Wildman–Crippen MR) is 66.1 cm³/mol. The Labute approximate surface area is 95.5 Å². The highest BCUT2D eigenvalue weighted by Crippen LogP contribution is 2.29. The SMILES string of the molecule is S=C1N(c2ccccc2)CC2CCCN12. The van der Waals surface area contributed by atoms with Crippen molar-refractivity contribution in [3.63, 3.8) is 0 Å². The van der Waals surface area contributed by atoms with Crippen molar-refractivity contribution in [2.45, 2.75) is 18.9 Å². The lowest BCUT2D eigenvalue weighted by molar-refractivity contribution is 0.443. The molecule has 3 heteroatoms. The lowest BCUT2D eigenvalue weighted by atomic mass is 10.2. The smallest absolute Gasteiger partial charge is 0.176 e. The number of thiocarbonyl (C=S) groups is 1. The van der Waals surface area contributed by atoms with E-state index in [4.69, 9.17) is 12.2 Å². The molecule has 0 aromatic heterocycles. The summed E-state index contributed by atoms with van der Waals surface area (Å²) in [6.07, 6.45) is 2.59. The van der Waals surface area contributed by atoms with Crippen molar-refractivity contribution in [1.82, 2.24) is 4.90 Å². The average Bonchev–Trinajstić information content (AvgIpc) is 2.83. The van der Waals surface area contributed by atoms with Gasteiger partial charge in [-0.3, -0.25) is 0 Å². The molecule has 1 atom stereocenters. The Balaban J connectivity index is 1.88. The molecule has 0 saturated carbocycles. The Hall–Kier alpha value is -1.09. The minimum absolute atomic E-state index is 0.665. The maximum absolute atomic E-state index is 5.51.